The first kappa shape index (κ1) is 8.92. The van der Waals surface area contributed by atoms with Crippen LogP contribution in [0.1, 0.15) is 27.2 Å². The van der Waals surface area contributed by atoms with Gasteiger partial charge in [0.2, 0.25) is 0 Å². The van der Waals surface area contributed by atoms with Gasteiger partial charge < -0.3 is 10.2 Å². The van der Waals surface area contributed by atoms with Gasteiger partial charge in [-0.05, 0) is 19.3 Å². The average Bonchev–Trinajstić information content (AvgIpc) is 1.63. The molecular weight excluding hydrogens is 116 g/mol. The van der Waals surface area contributed by atoms with Crippen molar-refractivity contribution in [3.63, 3.8) is 0 Å². The number of aliphatic hydroxyl groups excluding tert-OH is 2. The second-order valence-electron chi connectivity index (χ2n) is 2.90. The van der Waals surface area contributed by atoms with Crippen molar-refractivity contribution < 1.29 is 10.2 Å². The van der Waals surface area contributed by atoms with E-state index in [0.29, 0.717) is 6.42 Å². The van der Waals surface area contributed by atoms with Gasteiger partial charge in [-0.1, -0.05) is 13.8 Å². The maximum atomic E-state index is 9.14. The highest BCUT2D eigenvalue weighted by Crippen LogP contribution is 2.07. The summed E-state index contributed by atoms with van der Waals surface area (Å²) in [6.45, 7) is 5.56. The Morgan fingerprint density at radius 2 is 1.56 bits per heavy atom. The molecule has 0 radical (unpaired) electrons. The fraction of sp³-hybridized carbons (Fsp3) is 1.00. The van der Waals surface area contributed by atoms with E-state index in [1.165, 1.54) is 0 Å². The molecule has 0 amide bonds. The van der Waals surface area contributed by atoms with E-state index in [1.54, 1.807) is 6.92 Å². The predicted octanol–water partition coefficient (Wildman–Crippen LogP) is 0.774. The van der Waals surface area contributed by atoms with Gasteiger partial charge in [-0.2, -0.15) is 0 Å². The third-order valence-electron chi connectivity index (χ3n) is 1.35. The normalized spacial score (nSPS) is 18.0. The second kappa shape index (κ2) is 3.85. The molecule has 0 bridgehead atoms. The van der Waals surface area contributed by atoms with E-state index >= 15 is 0 Å². The topological polar surface area (TPSA) is 40.5 Å². The van der Waals surface area contributed by atoms with Crippen LogP contribution >= 0.6 is 0 Å². The molecule has 0 aromatic heterocycles. The van der Waals surface area contributed by atoms with Crippen LogP contribution in [0.2, 0.25) is 0 Å². The minimum atomic E-state index is -0.387. The number of rotatable bonds is 3. The summed E-state index contributed by atoms with van der Waals surface area (Å²) in [5.74, 6) is 0.250. The van der Waals surface area contributed by atoms with Crippen LogP contribution in [0.15, 0.2) is 0 Å². The number of hydrogen-bond donors (Lipinski definition) is 2. The average molecular weight is 132 g/mol. The van der Waals surface area contributed by atoms with E-state index in [0.717, 1.165) is 0 Å². The molecule has 2 heteroatoms. The lowest BCUT2D eigenvalue weighted by atomic mass is 10.0. The van der Waals surface area contributed by atoms with Crippen molar-refractivity contribution in [1.29, 1.82) is 0 Å². The highest BCUT2D eigenvalue weighted by atomic mass is 16.3. The Morgan fingerprint density at radius 3 is 1.67 bits per heavy atom. The molecule has 2 atom stereocenters. The fourth-order valence-corrected chi connectivity index (χ4v) is 0.622. The minimum Gasteiger partial charge on any atom is -0.393 e. The molecule has 0 aromatic rings. The van der Waals surface area contributed by atoms with Crippen molar-refractivity contribution in [1.82, 2.24) is 0 Å². The van der Waals surface area contributed by atoms with Gasteiger partial charge in [0.05, 0.1) is 12.2 Å². The van der Waals surface area contributed by atoms with E-state index in [9.17, 15) is 0 Å². The molecule has 0 aliphatic rings. The van der Waals surface area contributed by atoms with Crippen molar-refractivity contribution in [3.05, 3.63) is 0 Å². The van der Waals surface area contributed by atoms with Gasteiger partial charge in [0.1, 0.15) is 0 Å². The Morgan fingerprint density at radius 1 is 1.11 bits per heavy atom. The maximum absolute atomic E-state index is 9.14. The summed E-state index contributed by atoms with van der Waals surface area (Å²) < 4.78 is 0. The summed E-state index contributed by atoms with van der Waals surface area (Å²) in [7, 11) is 0. The molecule has 0 heterocycles. The SMILES string of the molecule is CC(O)CC(O)C(C)C. The summed E-state index contributed by atoms with van der Waals surface area (Å²) in [6.07, 6.45) is -0.259. The van der Waals surface area contributed by atoms with E-state index in [4.69, 9.17) is 10.2 Å². The third-order valence-corrected chi connectivity index (χ3v) is 1.35. The number of aliphatic hydroxyl groups is 2. The zero-order valence-corrected chi connectivity index (χ0v) is 6.33. The smallest absolute Gasteiger partial charge is 0.0587 e. The summed E-state index contributed by atoms with van der Waals surface area (Å²) in [6, 6.07) is 0. The van der Waals surface area contributed by atoms with Gasteiger partial charge in [0, 0.05) is 0 Å². The van der Waals surface area contributed by atoms with Crippen LogP contribution in [0.4, 0.5) is 0 Å². The van der Waals surface area contributed by atoms with Crippen molar-refractivity contribution in [2.24, 2.45) is 5.92 Å². The van der Waals surface area contributed by atoms with Crippen LogP contribution in [0.3, 0.4) is 0 Å². The third kappa shape index (κ3) is 4.43. The molecule has 2 nitrogen and oxygen atoms in total. The van der Waals surface area contributed by atoms with E-state index in [-0.39, 0.29) is 18.1 Å². The molecule has 0 rings (SSSR count). The summed E-state index contributed by atoms with van der Waals surface area (Å²) in [5, 5.41) is 17.9. The molecule has 9 heavy (non-hydrogen) atoms. The van der Waals surface area contributed by atoms with Gasteiger partial charge in [0.15, 0.2) is 0 Å². The monoisotopic (exact) mass is 132 g/mol. The maximum Gasteiger partial charge on any atom is 0.0587 e. The molecule has 0 saturated carbocycles. The zero-order valence-electron chi connectivity index (χ0n) is 6.33. The molecule has 2 N–H and O–H groups in total. The molecule has 0 saturated heterocycles. The zero-order chi connectivity index (χ0) is 7.44. The first-order valence-corrected chi connectivity index (χ1v) is 3.40. The van der Waals surface area contributed by atoms with Crippen LogP contribution < -0.4 is 0 Å². The molecular formula is C7H16O2. The largest absolute Gasteiger partial charge is 0.393 e. The van der Waals surface area contributed by atoms with Crippen LogP contribution in [0, 0.1) is 5.92 Å². The van der Waals surface area contributed by atoms with Crippen LogP contribution in [0.25, 0.3) is 0 Å². The summed E-state index contributed by atoms with van der Waals surface area (Å²) in [4.78, 5) is 0. The van der Waals surface area contributed by atoms with Crippen molar-refractivity contribution >= 4 is 0 Å². The lowest BCUT2D eigenvalue weighted by molar-refractivity contribution is 0.0613. The predicted molar refractivity (Wildman–Crippen MR) is 37.1 cm³/mol. The van der Waals surface area contributed by atoms with Gasteiger partial charge in [-0.3, -0.25) is 0 Å². The molecule has 0 aromatic carbocycles. The Kier molecular flexibility index (Phi) is 3.82. The van der Waals surface area contributed by atoms with Gasteiger partial charge in [-0.25, -0.2) is 0 Å². The van der Waals surface area contributed by atoms with Crippen LogP contribution in [0.5, 0.6) is 0 Å². The van der Waals surface area contributed by atoms with E-state index < -0.39 is 0 Å². The Hall–Kier alpha value is -0.0800. The van der Waals surface area contributed by atoms with Crippen LogP contribution in [-0.4, -0.2) is 22.4 Å². The molecule has 0 aliphatic heterocycles. The van der Waals surface area contributed by atoms with Gasteiger partial charge in [-0.15, -0.1) is 0 Å². The molecule has 0 aliphatic carbocycles. The Balaban J connectivity index is 3.38. The standard InChI is InChI=1S/C7H16O2/c1-5(2)7(9)4-6(3)8/h5-9H,4H2,1-3H3. The van der Waals surface area contributed by atoms with E-state index in [2.05, 4.69) is 0 Å². The second-order valence-corrected chi connectivity index (χ2v) is 2.90. The molecule has 0 spiro atoms. The summed E-state index contributed by atoms with van der Waals surface area (Å²) >= 11 is 0. The van der Waals surface area contributed by atoms with Crippen molar-refractivity contribution in [2.75, 3.05) is 0 Å². The Bertz CT molecular complexity index is 69.3. The first-order chi connectivity index (χ1) is 4.04. The van der Waals surface area contributed by atoms with Crippen LogP contribution in [-0.2, 0) is 0 Å². The first-order valence-electron chi connectivity index (χ1n) is 3.40. The minimum absolute atomic E-state index is 0.250. The van der Waals surface area contributed by atoms with Gasteiger partial charge in [0.25, 0.3) is 0 Å². The van der Waals surface area contributed by atoms with Crippen molar-refractivity contribution in [2.45, 2.75) is 39.4 Å². The Labute approximate surface area is 56.5 Å². The molecule has 2 unspecified atom stereocenters. The lowest BCUT2D eigenvalue weighted by Gasteiger charge is -2.15. The highest BCUT2D eigenvalue weighted by molar-refractivity contribution is 4.62. The quantitative estimate of drug-likeness (QED) is 0.595. The highest BCUT2D eigenvalue weighted by Gasteiger charge is 2.10. The van der Waals surface area contributed by atoms with Gasteiger partial charge >= 0.3 is 0 Å². The molecule has 0 fully saturated rings. The lowest BCUT2D eigenvalue weighted by Crippen LogP contribution is -2.20. The van der Waals surface area contributed by atoms with Crippen molar-refractivity contribution in [3.8, 4) is 0 Å². The fourth-order valence-electron chi connectivity index (χ4n) is 0.622. The number of hydrogen-bond acceptors (Lipinski definition) is 2. The van der Waals surface area contributed by atoms with E-state index in [1.807, 2.05) is 13.8 Å². The summed E-state index contributed by atoms with van der Waals surface area (Å²) in [5.41, 5.74) is 0. The molecule has 56 valence electrons.